The lowest BCUT2D eigenvalue weighted by atomic mass is 9.91. The zero-order valence-electron chi connectivity index (χ0n) is 14.1. The lowest BCUT2D eigenvalue weighted by molar-refractivity contribution is 0.0202. The maximum atomic E-state index is 12.2. The Morgan fingerprint density at radius 2 is 2.09 bits per heavy atom. The van der Waals surface area contributed by atoms with E-state index in [1.807, 2.05) is 33.9 Å². The van der Waals surface area contributed by atoms with Gasteiger partial charge in [0.1, 0.15) is 5.60 Å². The van der Waals surface area contributed by atoms with E-state index in [1.54, 1.807) is 16.2 Å². The highest BCUT2D eigenvalue weighted by molar-refractivity contribution is 9.10. The molecule has 0 spiro atoms. The van der Waals surface area contributed by atoms with Gasteiger partial charge in [0.05, 0.1) is 10.6 Å². The van der Waals surface area contributed by atoms with Gasteiger partial charge in [0, 0.05) is 30.5 Å². The van der Waals surface area contributed by atoms with E-state index in [4.69, 9.17) is 4.74 Å². The molecule has 7 heteroatoms. The van der Waals surface area contributed by atoms with Gasteiger partial charge in [-0.2, -0.15) is 5.10 Å². The molecule has 0 atom stereocenters. The van der Waals surface area contributed by atoms with E-state index in [9.17, 15) is 4.79 Å². The molecule has 1 amide bonds. The van der Waals surface area contributed by atoms with Crippen molar-refractivity contribution in [1.29, 1.82) is 0 Å². The minimum absolute atomic E-state index is 0.222. The van der Waals surface area contributed by atoms with E-state index in [-0.39, 0.29) is 6.09 Å². The largest absolute Gasteiger partial charge is 0.444 e. The summed E-state index contributed by atoms with van der Waals surface area (Å²) in [5.74, 6) is 0.344. The molecule has 2 heterocycles. The third kappa shape index (κ3) is 4.94. The molecular formula is C16H24BrN3O2S. The summed E-state index contributed by atoms with van der Waals surface area (Å²) < 4.78 is 6.53. The third-order valence-corrected chi connectivity index (χ3v) is 5.48. The van der Waals surface area contributed by atoms with Crippen molar-refractivity contribution < 1.29 is 9.53 Å². The number of thiophene rings is 1. The predicted octanol–water partition coefficient (Wildman–Crippen LogP) is 4.08. The second-order valence-corrected chi connectivity index (χ2v) is 8.33. The molecule has 1 aromatic heterocycles. The second-order valence-electron chi connectivity index (χ2n) is 6.56. The Morgan fingerprint density at radius 3 is 2.57 bits per heavy atom. The molecule has 5 nitrogen and oxygen atoms in total. The standard InChI is InChI=1S/C16H24BrN3O2S/c1-16(2,3)22-15(21)20-8-5-11(6-9-20)13(19-18-4)14-12(17)7-10-23-14/h7,10-11,18H,5-6,8-9H2,1-4H3/b19-13+. The molecule has 0 aromatic carbocycles. The zero-order chi connectivity index (χ0) is 17.0. The van der Waals surface area contributed by atoms with Crippen LogP contribution in [0.1, 0.15) is 38.5 Å². The number of carbonyl (C=O) groups is 1. The van der Waals surface area contributed by atoms with Crippen LogP contribution in [-0.4, -0.2) is 42.4 Å². The number of nitrogens with zero attached hydrogens (tertiary/aromatic N) is 2. The lowest BCUT2D eigenvalue weighted by Crippen LogP contribution is -2.43. The van der Waals surface area contributed by atoms with Crippen LogP contribution < -0.4 is 5.43 Å². The maximum Gasteiger partial charge on any atom is 0.410 e. The van der Waals surface area contributed by atoms with Crippen molar-refractivity contribution in [3.05, 3.63) is 20.8 Å². The average Bonchev–Trinajstić information content (AvgIpc) is 2.89. The summed E-state index contributed by atoms with van der Waals surface area (Å²) in [5.41, 5.74) is 3.53. The number of hydrogen-bond donors (Lipinski definition) is 1. The van der Waals surface area contributed by atoms with Gasteiger partial charge >= 0.3 is 6.09 Å². The Morgan fingerprint density at radius 1 is 1.43 bits per heavy atom. The van der Waals surface area contributed by atoms with Crippen LogP contribution in [-0.2, 0) is 4.74 Å². The van der Waals surface area contributed by atoms with Gasteiger partial charge in [0.15, 0.2) is 0 Å². The Hall–Kier alpha value is -1.08. The van der Waals surface area contributed by atoms with Crippen LogP contribution in [0, 0.1) is 5.92 Å². The quantitative estimate of drug-likeness (QED) is 0.612. The normalized spacial score (nSPS) is 17.3. The molecule has 1 aliphatic rings. The van der Waals surface area contributed by atoms with Crippen LogP contribution in [0.5, 0.6) is 0 Å². The van der Waals surface area contributed by atoms with Crippen molar-refractivity contribution in [2.75, 3.05) is 20.1 Å². The highest BCUT2D eigenvalue weighted by Gasteiger charge is 2.30. The van der Waals surface area contributed by atoms with Crippen molar-refractivity contribution in [3.8, 4) is 0 Å². The number of halogens is 1. The lowest BCUT2D eigenvalue weighted by Gasteiger charge is -2.33. The molecule has 0 bridgehead atoms. The third-order valence-electron chi connectivity index (χ3n) is 3.62. The summed E-state index contributed by atoms with van der Waals surface area (Å²) in [4.78, 5) is 15.1. The van der Waals surface area contributed by atoms with Gasteiger partial charge in [-0.1, -0.05) is 0 Å². The number of nitrogens with one attached hydrogen (secondary N) is 1. The van der Waals surface area contributed by atoms with Crippen LogP contribution in [0.25, 0.3) is 0 Å². The number of ether oxygens (including phenoxy) is 1. The van der Waals surface area contributed by atoms with Gasteiger partial charge in [-0.25, -0.2) is 4.79 Å². The van der Waals surface area contributed by atoms with Gasteiger partial charge in [0.25, 0.3) is 0 Å². The molecule has 23 heavy (non-hydrogen) atoms. The van der Waals surface area contributed by atoms with Gasteiger partial charge in [0.2, 0.25) is 0 Å². The Labute approximate surface area is 150 Å². The fourth-order valence-electron chi connectivity index (χ4n) is 2.59. The van der Waals surface area contributed by atoms with Crippen LogP contribution in [0.15, 0.2) is 21.0 Å². The topological polar surface area (TPSA) is 53.9 Å². The molecule has 128 valence electrons. The first-order valence-electron chi connectivity index (χ1n) is 7.77. The number of piperidine rings is 1. The minimum atomic E-state index is -0.450. The van der Waals surface area contributed by atoms with Crippen LogP contribution >= 0.6 is 27.3 Å². The Bertz CT molecular complexity index is 572. The van der Waals surface area contributed by atoms with Gasteiger partial charge in [-0.05, 0) is 61.0 Å². The summed E-state index contributed by atoms with van der Waals surface area (Å²) in [5, 5.41) is 6.55. The molecule has 2 rings (SSSR count). The van der Waals surface area contributed by atoms with Gasteiger partial charge in [-0.3, -0.25) is 0 Å². The SMILES string of the molecule is CN/N=C(/c1sccc1Br)C1CCN(C(=O)OC(C)(C)C)CC1. The smallest absolute Gasteiger partial charge is 0.410 e. The second kappa shape index (κ2) is 7.66. The van der Waals surface area contributed by atoms with E-state index in [2.05, 4.69) is 31.8 Å². The molecule has 1 aliphatic heterocycles. The van der Waals surface area contributed by atoms with E-state index in [0.717, 1.165) is 27.9 Å². The van der Waals surface area contributed by atoms with E-state index in [0.29, 0.717) is 19.0 Å². The molecule has 0 aliphatic carbocycles. The number of hydrogen-bond acceptors (Lipinski definition) is 5. The predicted molar refractivity (Wildman–Crippen MR) is 98.1 cm³/mol. The van der Waals surface area contributed by atoms with Crippen LogP contribution in [0.2, 0.25) is 0 Å². The van der Waals surface area contributed by atoms with E-state index in [1.165, 1.54) is 0 Å². The van der Waals surface area contributed by atoms with Crippen molar-refractivity contribution in [2.24, 2.45) is 11.0 Å². The highest BCUT2D eigenvalue weighted by Crippen LogP contribution is 2.30. The summed E-state index contributed by atoms with van der Waals surface area (Å²) >= 11 is 5.27. The highest BCUT2D eigenvalue weighted by atomic mass is 79.9. The monoisotopic (exact) mass is 401 g/mol. The maximum absolute atomic E-state index is 12.2. The van der Waals surface area contributed by atoms with Gasteiger partial charge < -0.3 is 15.1 Å². The molecule has 0 radical (unpaired) electrons. The van der Waals surface area contributed by atoms with Crippen molar-refractivity contribution in [1.82, 2.24) is 10.3 Å². The number of carbonyl (C=O) groups excluding carboxylic acids is 1. The fourth-order valence-corrected chi connectivity index (χ4v) is 4.23. The Balaban J connectivity index is 2.01. The fraction of sp³-hybridized carbons (Fsp3) is 0.625. The first kappa shape index (κ1) is 18.3. The first-order valence-corrected chi connectivity index (χ1v) is 9.44. The molecule has 0 unspecified atom stereocenters. The van der Waals surface area contributed by atoms with Gasteiger partial charge in [-0.15, -0.1) is 11.3 Å². The van der Waals surface area contributed by atoms with Crippen molar-refractivity contribution in [3.63, 3.8) is 0 Å². The average molecular weight is 402 g/mol. The zero-order valence-corrected chi connectivity index (χ0v) is 16.5. The molecule has 1 N–H and O–H groups in total. The molecule has 0 saturated carbocycles. The molecule has 1 saturated heterocycles. The summed E-state index contributed by atoms with van der Waals surface area (Å²) in [7, 11) is 1.82. The van der Waals surface area contributed by atoms with Crippen LogP contribution in [0.4, 0.5) is 4.79 Å². The van der Waals surface area contributed by atoms with Crippen LogP contribution in [0.3, 0.4) is 0 Å². The Kier molecular flexibility index (Phi) is 6.08. The molecule has 1 fully saturated rings. The van der Waals surface area contributed by atoms with Crippen molar-refractivity contribution >= 4 is 39.1 Å². The first-order chi connectivity index (χ1) is 10.8. The van der Waals surface area contributed by atoms with E-state index >= 15 is 0 Å². The minimum Gasteiger partial charge on any atom is -0.444 e. The molecular weight excluding hydrogens is 378 g/mol. The summed E-state index contributed by atoms with van der Waals surface area (Å²) in [6.07, 6.45) is 1.56. The number of likely N-dealkylation sites (tertiary alicyclic amines) is 1. The number of amides is 1. The van der Waals surface area contributed by atoms with Crippen molar-refractivity contribution in [2.45, 2.75) is 39.2 Å². The van der Waals surface area contributed by atoms with E-state index < -0.39 is 5.60 Å². The number of rotatable bonds is 3. The molecule has 1 aromatic rings. The number of hydrazone groups is 1. The summed E-state index contributed by atoms with van der Waals surface area (Å²) in [6.45, 7) is 7.08. The summed E-state index contributed by atoms with van der Waals surface area (Å²) in [6, 6.07) is 2.04.